The molecule has 5 nitrogen and oxygen atoms in total. The van der Waals surface area contributed by atoms with Gasteiger partial charge in [-0.3, -0.25) is 9.69 Å². The summed E-state index contributed by atoms with van der Waals surface area (Å²) >= 11 is 0. The van der Waals surface area contributed by atoms with E-state index in [2.05, 4.69) is 10.2 Å². The van der Waals surface area contributed by atoms with Gasteiger partial charge in [-0.2, -0.15) is 0 Å². The minimum absolute atomic E-state index is 0.0211. The third-order valence-corrected chi connectivity index (χ3v) is 4.13. The first-order valence-electron chi connectivity index (χ1n) is 8.66. The summed E-state index contributed by atoms with van der Waals surface area (Å²) in [7, 11) is 0. The largest absolute Gasteiger partial charge is 0.492 e. The van der Waals surface area contributed by atoms with Crippen molar-refractivity contribution in [1.29, 1.82) is 0 Å². The van der Waals surface area contributed by atoms with Gasteiger partial charge in [0.2, 0.25) is 5.91 Å². The maximum atomic E-state index is 12.1. The number of hydrogen-bond acceptors (Lipinski definition) is 4. The van der Waals surface area contributed by atoms with E-state index in [-0.39, 0.29) is 5.91 Å². The van der Waals surface area contributed by atoms with E-state index in [1.807, 2.05) is 54.6 Å². The van der Waals surface area contributed by atoms with Gasteiger partial charge < -0.3 is 14.8 Å². The van der Waals surface area contributed by atoms with Crippen LogP contribution in [0.3, 0.4) is 0 Å². The van der Waals surface area contributed by atoms with Crippen LogP contribution >= 0.6 is 0 Å². The van der Waals surface area contributed by atoms with E-state index in [1.165, 1.54) is 0 Å². The topological polar surface area (TPSA) is 50.8 Å². The van der Waals surface area contributed by atoms with Crippen LogP contribution in [0.4, 0.5) is 5.69 Å². The van der Waals surface area contributed by atoms with E-state index >= 15 is 0 Å². The SMILES string of the molecule is O=C(Cc1ccc(OCCN2CCOCC2)cc1)Nc1ccccc1. The number of carbonyl (C=O) groups excluding carboxylic acids is 1. The average Bonchev–Trinajstić information content (AvgIpc) is 2.65. The Balaban J connectivity index is 1.41. The van der Waals surface area contributed by atoms with Crippen molar-refractivity contribution >= 4 is 11.6 Å². The number of benzene rings is 2. The molecule has 0 unspecified atom stereocenters. The number of nitrogens with one attached hydrogen (secondary N) is 1. The summed E-state index contributed by atoms with van der Waals surface area (Å²) in [4.78, 5) is 14.4. The summed E-state index contributed by atoms with van der Waals surface area (Å²) in [5.41, 5.74) is 1.78. The first-order chi connectivity index (χ1) is 12.3. The summed E-state index contributed by atoms with van der Waals surface area (Å²) < 4.78 is 11.1. The van der Waals surface area contributed by atoms with Gasteiger partial charge in [0, 0.05) is 25.3 Å². The fraction of sp³-hybridized carbons (Fsp3) is 0.350. The molecule has 1 fully saturated rings. The van der Waals surface area contributed by atoms with Gasteiger partial charge in [0.15, 0.2) is 0 Å². The zero-order chi connectivity index (χ0) is 17.3. The predicted octanol–water partition coefficient (Wildman–Crippen LogP) is 2.58. The van der Waals surface area contributed by atoms with Gasteiger partial charge in [-0.25, -0.2) is 0 Å². The molecule has 132 valence electrons. The maximum absolute atomic E-state index is 12.1. The van der Waals surface area contributed by atoms with Crippen LogP contribution in [0.2, 0.25) is 0 Å². The Hall–Kier alpha value is -2.37. The predicted molar refractivity (Wildman–Crippen MR) is 98.0 cm³/mol. The first-order valence-corrected chi connectivity index (χ1v) is 8.66. The molecule has 1 saturated heterocycles. The number of morpholine rings is 1. The molecule has 1 aliphatic heterocycles. The van der Waals surface area contributed by atoms with Crippen LogP contribution in [-0.4, -0.2) is 50.3 Å². The molecule has 1 aliphatic rings. The Morgan fingerprint density at radius 2 is 1.76 bits per heavy atom. The summed E-state index contributed by atoms with van der Waals surface area (Å²) in [6.45, 7) is 5.12. The molecule has 0 aliphatic carbocycles. The van der Waals surface area contributed by atoms with Gasteiger partial charge in [-0.1, -0.05) is 30.3 Å². The van der Waals surface area contributed by atoms with Crippen molar-refractivity contribution in [2.45, 2.75) is 6.42 Å². The molecule has 0 aromatic heterocycles. The van der Waals surface area contributed by atoms with E-state index in [9.17, 15) is 4.79 Å². The van der Waals surface area contributed by atoms with Crippen molar-refractivity contribution in [3.05, 3.63) is 60.2 Å². The number of anilines is 1. The summed E-state index contributed by atoms with van der Waals surface area (Å²) in [5.74, 6) is 0.813. The van der Waals surface area contributed by atoms with Gasteiger partial charge in [-0.15, -0.1) is 0 Å². The monoisotopic (exact) mass is 340 g/mol. The fourth-order valence-electron chi connectivity index (χ4n) is 2.73. The van der Waals surface area contributed by atoms with E-state index in [0.29, 0.717) is 13.0 Å². The van der Waals surface area contributed by atoms with E-state index < -0.39 is 0 Å². The lowest BCUT2D eigenvalue weighted by atomic mass is 10.1. The Bertz CT molecular complexity index is 652. The number of para-hydroxylation sites is 1. The van der Waals surface area contributed by atoms with Crippen molar-refractivity contribution in [2.75, 3.05) is 44.8 Å². The standard InChI is InChI=1S/C20H24N2O3/c23-20(21-18-4-2-1-3-5-18)16-17-6-8-19(9-7-17)25-15-12-22-10-13-24-14-11-22/h1-9H,10-16H2,(H,21,23). The molecule has 1 N–H and O–H groups in total. The maximum Gasteiger partial charge on any atom is 0.228 e. The third kappa shape index (κ3) is 5.89. The van der Waals surface area contributed by atoms with Crippen LogP contribution in [0.15, 0.2) is 54.6 Å². The van der Waals surface area contributed by atoms with Crippen molar-refractivity contribution in [3.63, 3.8) is 0 Å². The Morgan fingerprint density at radius 1 is 1.04 bits per heavy atom. The highest BCUT2D eigenvalue weighted by Gasteiger charge is 2.10. The molecule has 0 spiro atoms. The van der Waals surface area contributed by atoms with Gasteiger partial charge in [0.1, 0.15) is 12.4 Å². The highest BCUT2D eigenvalue weighted by molar-refractivity contribution is 5.92. The summed E-state index contributed by atoms with van der Waals surface area (Å²) in [5, 5.41) is 2.89. The van der Waals surface area contributed by atoms with Crippen LogP contribution in [0.25, 0.3) is 0 Å². The van der Waals surface area contributed by atoms with Crippen molar-refractivity contribution in [2.24, 2.45) is 0 Å². The second kappa shape index (κ2) is 9.20. The van der Waals surface area contributed by atoms with Crippen LogP contribution in [-0.2, 0) is 16.0 Å². The van der Waals surface area contributed by atoms with Crippen molar-refractivity contribution in [3.8, 4) is 5.75 Å². The lowest BCUT2D eigenvalue weighted by molar-refractivity contribution is -0.115. The van der Waals surface area contributed by atoms with Gasteiger partial charge in [0.05, 0.1) is 19.6 Å². The number of ether oxygens (including phenoxy) is 2. The molecule has 2 aromatic carbocycles. The van der Waals surface area contributed by atoms with Gasteiger partial charge >= 0.3 is 0 Å². The molecule has 0 bridgehead atoms. The lowest BCUT2D eigenvalue weighted by Gasteiger charge is -2.26. The molecule has 1 heterocycles. The second-order valence-corrected chi connectivity index (χ2v) is 6.04. The number of carbonyl (C=O) groups is 1. The van der Waals surface area contributed by atoms with Gasteiger partial charge in [0.25, 0.3) is 0 Å². The number of nitrogens with zero attached hydrogens (tertiary/aromatic N) is 1. The molecule has 0 radical (unpaired) electrons. The van der Waals surface area contributed by atoms with Gasteiger partial charge in [-0.05, 0) is 29.8 Å². The summed E-state index contributed by atoms with van der Waals surface area (Å²) in [6, 6.07) is 17.2. The highest BCUT2D eigenvalue weighted by atomic mass is 16.5. The van der Waals surface area contributed by atoms with E-state index in [0.717, 1.165) is 49.8 Å². The Kier molecular flexibility index (Phi) is 6.42. The zero-order valence-electron chi connectivity index (χ0n) is 14.3. The first kappa shape index (κ1) is 17.5. The Morgan fingerprint density at radius 3 is 2.48 bits per heavy atom. The molecule has 25 heavy (non-hydrogen) atoms. The average molecular weight is 340 g/mol. The lowest BCUT2D eigenvalue weighted by Crippen LogP contribution is -2.38. The minimum Gasteiger partial charge on any atom is -0.492 e. The van der Waals surface area contributed by atoms with E-state index in [4.69, 9.17) is 9.47 Å². The third-order valence-electron chi connectivity index (χ3n) is 4.13. The number of hydrogen-bond donors (Lipinski definition) is 1. The normalized spacial score (nSPS) is 14.9. The molecule has 1 amide bonds. The molecule has 0 atom stereocenters. The smallest absolute Gasteiger partial charge is 0.228 e. The Labute approximate surface area is 148 Å². The van der Waals surface area contributed by atoms with Crippen LogP contribution in [0.1, 0.15) is 5.56 Å². The quantitative estimate of drug-likeness (QED) is 0.842. The highest BCUT2D eigenvalue weighted by Crippen LogP contribution is 2.14. The second-order valence-electron chi connectivity index (χ2n) is 6.04. The minimum atomic E-state index is -0.0211. The van der Waals surface area contributed by atoms with Crippen LogP contribution in [0.5, 0.6) is 5.75 Å². The van der Waals surface area contributed by atoms with Crippen molar-refractivity contribution in [1.82, 2.24) is 4.90 Å². The zero-order valence-corrected chi connectivity index (χ0v) is 14.3. The van der Waals surface area contributed by atoms with E-state index in [1.54, 1.807) is 0 Å². The van der Waals surface area contributed by atoms with Crippen LogP contribution in [0, 0.1) is 0 Å². The molecule has 0 saturated carbocycles. The van der Waals surface area contributed by atoms with Crippen molar-refractivity contribution < 1.29 is 14.3 Å². The number of rotatable bonds is 7. The number of amides is 1. The molecular weight excluding hydrogens is 316 g/mol. The molecular formula is C20H24N2O3. The molecule has 5 heteroatoms. The molecule has 2 aromatic rings. The molecule has 3 rings (SSSR count). The summed E-state index contributed by atoms with van der Waals surface area (Å²) in [6.07, 6.45) is 0.350. The fourth-order valence-corrected chi connectivity index (χ4v) is 2.73. The van der Waals surface area contributed by atoms with Crippen LogP contribution < -0.4 is 10.1 Å².